The van der Waals surface area contributed by atoms with Crippen molar-refractivity contribution in [2.24, 2.45) is 0 Å². The van der Waals surface area contributed by atoms with Gasteiger partial charge in [-0.15, -0.1) is 0 Å². The first-order valence-electron chi connectivity index (χ1n) is 8.90. The van der Waals surface area contributed by atoms with E-state index < -0.39 is 31.1 Å². The first-order valence-corrected chi connectivity index (χ1v) is 11.8. The molecule has 0 radical (unpaired) electrons. The fourth-order valence-electron chi connectivity index (χ4n) is 2.38. The van der Waals surface area contributed by atoms with Crippen LogP contribution in [0.1, 0.15) is 38.2 Å². The molecule has 0 saturated carbocycles. The summed E-state index contributed by atoms with van der Waals surface area (Å²) in [5.74, 6) is 1.33. The first kappa shape index (κ1) is 29.4. The van der Waals surface area contributed by atoms with Crippen molar-refractivity contribution in [3.05, 3.63) is 28.0 Å². The number of anilines is 1. The van der Waals surface area contributed by atoms with Gasteiger partial charge < -0.3 is 4.13 Å². The van der Waals surface area contributed by atoms with E-state index in [2.05, 4.69) is 55.7 Å². The fraction of sp³-hybridized carbons (Fsp3) is 0.688. The lowest BCUT2D eigenvalue weighted by atomic mass is 10.2. The maximum atomic E-state index is 11.4. The van der Waals surface area contributed by atoms with Gasteiger partial charge >= 0.3 is 11.0 Å². The van der Waals surface area contributed by atoms with Crippen molar-refractivity contribution in [1.82, 2.24) is 0 Å². The number of alkyl halides is 6. The van der Waals surface area contributed by atoms with Crippen molar-refractivity contribution in [3.63, 3.8) is 0 Å². The van der Waals surface area contributed by atoms with Gasteiger partial charge in [-0.3, -0.25) is 4.90 Å². The Morgan fingerprint density at radius 2 is 1.42 bits per heavy atom. The van der Waals surface area contributed by atoms with Crippen LogP contribution in [0.5, 0.6) is 0 Å². The highest BCUT2D eigenvalue weighted by Crippen LogP contribution is 2.36. The molecular weight excluding hydrogens is 476 g/mol. The van der Waals surface area contributed by atoms with E-state index in [1.807, 2.05) is 0 Å². The predicted octanol–water partition coefficient (Wildman–Crippen LogP) is 3.99. The van der Waals surface area contributed by atoms with E-state index >= 15 is 0 Å². The molecule has 0 amide bonds. The molecule has 1 aromatic rings. The number of nitrogens with zero attached hydrogens (tertiary/aromatic N) is 3. The van der Waals surface area contributed by atoms with Gasteiger partial charge in [-0.2, -0.15) is 26.3 Å². The number of sulfonamides is 2. The lowest BCUT2D eigenvalue weighted by molar-refractivity contribution is -0.685. The van der Waals surface area contributed by atoms with E-state index in [4.69, 9.17) is 0 Å². The molecule has 0 atom stereocenters. The number of aromatic nitrogens is 1. The van der Waals surface area contributed by atoms with Crippen LogP contribution in [0.25, 0.3) is 4.13 Å². The number of pyridine rings is 1. The Bertz CT molecular complexity index is 872. The average Bonchev–Trinajstić information content (AvgIpc) is 2.56. The number of hydrogen-bond acceptors (Lipinski definition) is 5. The molecule has 0 N–H and O–H groups in total. The maximum Gasteiger partial charge on any atom is 0.480 e. The van der Waals surface area contributed by atoms with Gasteiger partial charge in [0.25, 0.3) is 5.82 Å². The minimum absolute atomic E-state index is 0.778. The van der Waals surface area contributed by atoms with Gasteiger partial charge in [0.15, 0.2) is 20.0 Å². The zero-order valence-corrected chi connectivity index (χ0v) is 19.0. The third-order valence-corrected chi connectivity index (χ3v) is 6.43. The van der Waals surface area contributed by atoms with E-state index in [1.54, 1.807) is 0 Å². The second-order valence-electron chi connectivity index (χ2n) is 6.58. The van der Waals surface area contributed by atoms with Gasteiger partial charge in [0, 0.05) is 5.56 Å². The van der Waals surface area contributed by atoms with Crippen molar-refractivity contribution < 1.29 is 47.7 Å². The molecule has 0 unspecified atom stereocenters. The Hall–Kier alpha value is -1.61. The molecule has 15 heteroatoms. The minimum atomic E-state index is -6.72. The van der Waals surface area contributed by atoms with Gasteiger partial charge in [-0.1, -0.05) is 19.8 Å². The van der Waals surface area contributed by atoms with Crippen LogP contribution in [-0.4, -0.2) is 41.9 Å². The standard InChI is InChI=1S/C14H25N2.C2F6NO4S2/c1-5-6-7-8-11-16-12-9-10-13(2)14(16)15(3)4;3-1(4,5)14(10,11)9-15(12,13)2(6,7)8/h9-10,12H,5-8,11H2,1-4H3;/q+1;-1. The molecule has 0 aliphatic heterocycles. The van der Waals surface area contributed by atoms with E-state index in [0.717, 1.165) is 10.7 Å². The van der Waals surface area contributed by atoms with Crippen LogP contribution < -0.4 is 9.47 Å². The van der Waals surface area contributed by atoms with Crippen molar-refractivity contribution >= 4 is 25.9 Å². The lowest BCUT2D eigenvalue weighted by Crippen LogP contribution is -2.40. The molecular formula is C16H25F6N3O4S2. The molecule has 0 aliphatic carbocycles. The van der Waals surface area contributed by atoms with Gasteiger partial charge in [-0.25, -0.2) is 21.4 Å². The van der Waals surface area contributed by atoms with Crippen LogP contribution in [0, 0.1) is 6.92 Å². The molecule has 31 heavy (non-hydrogen) atoms. The van der Waals surface area contributed by atoms with Crippen molar-refractivity contribution in [1.29, 1.82) is 0 Å². The summed E-state index contributed by atoms with van der Waals surface area (Å²) in [6.07, 6.45) is 7.46. The summed E-state index contributed by atoms with van der Waals surface area (Å²) in [5.41, 5.74) is -11.1. The highest BCUT2D eigenvalue weighted by molar-refractivity contribution is 8.13. The molecule has 1 rings (SSSR count). The van der Waals surface area contributed by atoms with E-state index in [0.29, 0.717) is 0 Å². The quantitative estimate of drug-likeness (QED) is 0.305. The predicted molar refractivity (Wildman–Crippen MR) is 103 cm³/mol. The topological polar surface area (TPSA) is 89.5 Å². The maximum absolute atomic E-state index is 11.4. The first-order chi connectivity index (χ1) is 13.9. The van der Waals surface area contributed by atoms with Crippen LogP contribution in [-0.2, 0) is 26.6 Å². The van der Waals surface area contributed by atoms with Crippen molar-refractivity contribution in [2.45, 2.75) is 57.1 Å². The Kier molecular flexibility index (Phi) is 10.7. The summed E-state index contributed by atoms with van der Waals surface area (Å²) in [7, 11) is -9.21. The highest BCUT2D eigenvalue weighted by Gasteiger charge is 2.46. The summed E-state index contributed by atoms with van der Waals surface area (Å²) in [4.78, 5) is 2.20. The molecule has 0 aromatic carbocycles. The zero-order chi connectivity index (χ0) is 24.7. The molecule has 0 fully saturated rings. The number of unbranched alkanes of at least 4 members (excludes halogenated alkanes) is 3. The van der Waals surface area contributed by atoms with Crippen LogP contribution in [0.15, 0.2) is 18.3 Å². The van der Waals surface area contributed by atoms with E-state index in [1.165, 1.54) is 37.1 Å². The third-order valence-electron chi connectivity index (χ3n) is 3.69. The molecule has 0 aliphatic rings. The summed E-state index contributed by atoms with van der Waals surface area (Å²) in [6, 6.07) is 4.32. The SMILES string of the molecule is CCCCCC[n+]1cccc(C)c1N(C)C.O=S(=O)([N-]S(=O)(=O)C(F)(F)F)C(F)(F)F. The molecule has 1 heterocycles. The van der Waals surface area contributed by atoms with Crippen LogP contribution >= 0.6 is 0 Å². The summed E-state index contributed by atoms with van der Waals surface area (Å²) in [6.45, 7) is 5.57. The molecule has 0 spiro atoms. The van der Waals surface area contributed by atoms with Crippen LogP contribution in [0.4, 0.5) is 32.2 Å². The number of hydrogen-bond donors (Lipinski definition) is 0. The molecule has 182 valence electrons. The third kappa shape index (κ3) is 9.19. The second-order valence-corrected chi connectivity index (χ2v) is 10.0. The van der Waals surface area contributed by atoms with Gasteiger partial charge in [-0.05, 0) is 31.9 Å². The average molecular weight is 502 g/mol. The van der Waals surface area contributed by atoms with Crippen molar-refractivity contribution in [3.8, 4) is 0 Å². The molecule has 0 bridgehead atoms. The van der Waals surface area contributed by atoms with Gasteiger partial charge in [0.2, 0.25) is 0 Å². The number of aryl methyl sites for hydroxylation is 2. The van der Waals surface area contributed by atoms with E-state index in [9.17, 15) is 43.2 Å². The second kappa shape index (κ2) is 11.3. The Labute approximate surface area is 178 Å². The van der Waals surface area contributed by atoms with Gasteiger partial charge in [0.05, 0.1) is 26.8 Å². The van der Waals surface area contributed by atoms with Crippen molar-refractivity contribution in [2.75, 3.05) is 19.0 Å². The van der Waals surface area contributed by atoms with E-state index in [-0.39, 0.29) is 0 Å². The molecule has 1 aromatic heterocycles. The van der Waals surface area contributed by atoms with Crippen LogP contribution in [0.2, 0.25) is 0 Å². The lowest BCUT2D eigenvalue weighted by Gasteiger charge is -2.22. The van der Waals surface area contributed by atoms with Crippen LogP contribution in [0.3, 0.4) is 0 Å². The Balaban J connectivity index is 0.000000582. The largest absolute Gasteiger partial charge is 0.480 e. The molecule has 7 nitrogen and oxygen atoms in total. The minimum Gasteiger partial charge on any atom is -0.421 e. The Morgan fingerprint density at radius 1 is 0.935 bits per heavy atom. The fourth-order valence-corrected chi connectivity index (χ4v) is 4.09. The highest BCUT2D eigenvalue weighted by atomic mass is 32.3. The smallest absolute Gasteiger partial charge is 0.421 e. The number of halogens is 6. The summed E-state index contributed by atoms with van der Waals surface area (Å²) < 4.78 is 112. The van der Waals surface area contributed by atoms with Gasteiger partial charge in [0.1, 0.15) is 0 Å². The normalized spacial score (nSPS) is 12.8. The summed E-state index contributed by atoms with van der Waals surface area (Å²) in [5, 5.41) is 0. The molecule has 0 saturated heterocycles. The zero-order valence-electron chi connectivity index (χ0n) is 17.3. The Morgan fingerprint density at radius 3 is 1.81 bits per heavy atom. The summed E-state index contributed by atoms with van der Waals surface area (Å²) >= 11 is 0. The number of rotatable bonds is 8. The monoisotopic (exact) mass is 501 g/mol.